The first-order valence-electron chi connectivity index (χ1n) is 41.6. The first-order valence-corrected chi connectivity index (χ1v) is 48.0. The molecule has 14 rings (SSSR count). The van der Waals surface area contributed by atoms with Crippen LogP contribution >= 0.6 is 104 Å². The fourth-order valence-electron chi connectivity index (χ4n) is 13.7. The smallest absolute Gasteiger partial charge is 0.410 e. The SMILES string of the molecule is CC(C)(C)OC(=O)N1CC(C#N)C1.CC(C)(C)OC(=O)N1CC(C(=O)c2ccccc2)C1.CC(C)(C)OC(=O)N1CC(C(NC(=O)c2ccc(Cl)cc2Cl)c2ccccc2)C1.CCCS(=O)(=O)N1CC(C(NC(=O)c2ccc(Cl)cc2Cl)c2ccccc2)C1.Cn1cnc(S(=O)(=O)N2CC(C(NC(=O)c3ccc(Cl)cc3Cl)c3ccccc3)C2)c1.O=C(Cl)c1ccc(Cl)cc1Cl. The van der Waals surface area contributed by atoms with Gasteiger partial charge < -0.3 is 49.4 Å². The average Bonchev–Trinajstić information content (AvgIpc) is 1.75. The van der Waals surface area contributed by atoms with Crippen molar-refractivity contribution in [3.05, 3.63) is 291 Å². The molecule has 3 N–H and O–H groups in total. The number of likely N-dealkylation sites (tertiary alicyclic amines) is 3. The van der Waals surface area contributed by atoms with Crippen LogP contribution in [0.5, 0.6) is 0 Å². The van der Waals surface area contributed by atoms with E-state index in [4.69, 9.17) is 124 Å². The second-order valence-electron chi connectivity index (χ2n) is 34.4. The fourth-order valence-corrected chi connectivity index (χ4v) is 19.1. The molecule has 26 nitrogen and oxygen atoms in total. The van der Waals surface area contributed by atoms with Gasteiger partial charge in [-0.25, -0.2) is 40.5 Å². The number of halogens is 9. The highest BCUT2D eigenvalue weighted by molar-refractivity contribution is 7.89. The third kappa shape index (κ3) is 30.7. The van der Waals surface area contributed by atoms with Crippen LogP contribution in [0.15, 0.2) is 212 Å². The molecule has 5 aliphatic rings. The molecule has 3 atom stereocenters. The van der Waals surface area contributed by atoms with E-state index in [0.29, 0.717) is 106 Å². The summed E-state index contributed by atoms with van der Waals surface area (Å²) in [6.07, 6.45) is 2.50. The van der Waals surface area contributed by atoms with Crippen molar-refractivity contribution in [3.8, 4) is 6.07 Å². The number of amides is 6. The molecule has 1 aromatic heterocycles. The van der Waals surface area contributed by atoms with E-state index < -0.39 is 42.1 Å². The van der Waals surface area contributed by atoms with Gasteiger partial charge in [0.25, 0.3) is 33.0 Å². The molecule has 37 heteroatoms. The minimum Gasteiger partial charge on any atom is -0.444 e. The Balaban J connectivity index is 0.000000183. The van der Waals surface area contributed by atoms with Crippen molar-refractivity contribution in [1.29, 1.82) is 5.26 Å². The number of Topliss-reactive ketones (excluding diaryl/α,β-unsaturated/α-hetero) is 1. The number of hydrogen-bond donors (Lipinski definition) is 3. The van der Waals surface area contributed by atoms with E-state index in [0.717, 1.165) is 16.7 Å². The van der Waals surface area contributed by atoms with E-state index in [1.807, 2.05) is 178 Å². The Bertz CT molecular complexity index is 5780. The van der Waals surface area contributed by atoms with Crippen LogP contribution in [0.2, 0.25) is 40.2 Å². The maximum absolute atomic E-state index is 12.9. The third-order valence-electron chi connectivity index (χ3n) is 20.6. The number of ether oxygens (including phenoxy) is 3. The van der Waals surface area contributed by atoms with Crippen LogP contribution in [0.4, 0.5) is 14.4 Å². The Kier molecular flexibility index (Phi) is 37.6. The molecular formula is C94H102Cl9N11O15S2. The fraction of sp³-hybridized carbons (Fsp3) is 0.362. The molecule has 0 aliphatic carbocycles. The van der Waals surface area contributed by atoms with Crippen LogP contribution in [0.25, 0.3) is 0 Å². The van der Waals surface area contributed by atoms with E-state index in [1.54, 1.807) is 87.0 Å². The minimum absolute atomic E-state index is 0.00693. The Labute approximate surface area is 809 Å². The lowest BCUT2D eigenvalue weighted by molar-refractivity contribution is -0.00685. The van der Waals surface area contributed by atoms with Crippen LogP contribution in [-0.4, -0.2) is 185 Å². The van der Waals surface area contributed by atoms with Crippen LogP contribution < -0.4 is 16.0 Å². The van der Waals surface area contributed by atoms with E-state index >= 15 is 0 Å². The summed E-state index contributed by atoms with van der Waals surface area (Å²) in [6.45, 7) is 22.6. The van der Waals surface area contributed by atoms with E-state index in [2.05, 4.69) is 27.0 Å². The van der Waals surface area contributed by atoms with Crippen molar-refractivity contribution < 1.29 is 69.4 Å². The predicted octanol–water partition coefficient (Wildman–Crippen LogP) is 20.5. The normalized spacial score (nSPS) is 15.5. The minimum atomic E-state index is -3.67. The first-order chi connectivity index (χ1) is 61.6. The van der Waals surface area contributed by atoms with Crippen LogP contribution in [0, 0.1) is 40.9 Å². The molecule has 0 bridgehead atoms. The van der Waals surface area contributed by atoms with E-state index in [-0.39, 0.29) is 134 Å². The average molecular weight is 2010 g/mol. The molecule has 6 heterocycles. The van der Waals surface area contributed by atoms with Gasteiger partial charge in [-0.3, -0.25) is 24.0 Å². The molecule has 0 spiro atoms. The zero-order valence-electron chi connectivity index (χ0n) is 73.7. The van der Waals surface area contributed by atoms with Crippen molar-refractivity contribution in [2.45, 2.75) is 116 Å². The molecule has 5 saturated heterocycles. The van der Waals surface area contributed by atoms with Gasteiger partial charge in [-0.1, -0.05) is 221 Å². The van der Waals surface area contributed by atoms with Gasteiger partial charge in [-0.15, -0.1) is 0 Å². The van der Waals surface area contributed by atoms with Crippen LogP contribution in [0.1, 0.15) is 162 Å². The Hall–Kier alpha value is -9.55. The monoisotopic (exact) mass is 2000 g/mol. The number of ketones is 1. The summed E-state index contributed by atoms with van der Waals surface area (Å²) in [6, 6.07) is 57.7. The van der Waals surface area contributed by atoms with Gasteiger partial charge in [0.05, 0.1) is 90.5 Å². The molecule has 5 fully saturated rings. The van der Waals surface area contributed by atoms with Crippen molar-refractivity contribution in [3.63, 3.8) is 0 Å². The molecular weight excluding hydrogens is 1910 g/mol. The van der Waals surface area contributed by atoms with Gasteiger partial charge in [0, 0.05) is 122 Å². The number of carbonyl (C=O) groups is 8. The predicted molar refractivity (Wildman–Crippen MR) is 511 cm³/mol. The number of nitriles is 1. The van der Waals surface area contributed by atoms with Crippen molar-refractivity contribution >= 4 is 171 Å². The van der Waals surface area contributed by atoms with Gasteiger partial charge >= 0.3 is 18.3 Å². The molecule has 0 saturated carbocycles. The highest BCUT2D eigenvalue weighted by atomic mass is 35.5. The van der Waals surface area contributed by atoms with Gasteiger partial charge in [-0.05, 0) is 170 Å². The summed E-state index contributed by atoms with van der Waals surface area (Å²) in [7, 11) is -5.18. The second-order valence-corrected chi connectivity index (χ2v) is 42.1. The first kappa shape index (κ1) is 105. The standard InChI is InChI=1S/C22H24Cl2N2O3.C21H20Cl2N4O3S.C20H22Cl2N2O3S.C15H19NO3.C9H14N2O2.C7H3Cl3O/c1-22(2,3)29-21(28)26-12-15(13-26)19(14-7-5-4-6-8-14)25-20(27)17-10-9-16(23)11-18(17)24;1-26-12-19(24-13-26)31(29,30)27-10-15(11-27)20(14-5-3-2-4-6-14)25-21(28)17-8-7-16(22)9-18(17)23;1-2-10-28(26,27)24-12-15(13-24)19(14-6-4-3-5-7-14)23-20(25)17-9-8-16(21)11-18(17)22;1-15(2,3)19-14(18)16-9-12(10-16)13(17)11-7-5-4-6-8-11;1-9(2,3)13-8(12)11-5-7(4-10)6-11;8-4-1-2-5(7(10)11)6(9)3-4/h4-11,15,19H,12-13H2,1-3H3,(H,25,27);2-9,12-13,15,20H,10-11H2,1H3,(H,25,28);3-9,11,15,19H,2,10,12-13H2,1H3,(H,23,25);4-8,12H,9-10H2,1-3H3;7H,5-6H2,1-3H3;1-3H. The molecule has 6 amide bonds. The number of imidazole rings is 1. The highest BCUT2D eigenvalue weighted by Crippen LogP contribution is 2.38. The molecule has 3 unspecified atom stereocenters. The summed E-state index contributed by atoms with van der Waals surface area (Å²) < 4.78 is 70.3. The van der Waals surface area contributed by atoms with Crippen LogP contribution in [0.3, 0.4) is 0 Å². The number of nitrogens with one attached hydrogen (secondary N) is 3. The summed E-state index contributed by atoms with van der Waals surface area (Å²) in [5.74, 6) is -0.853. The third-order valence-corrected chi connectivity index (χ3v) is 26.7. The van der Waals surface area contributed by atoms with Crippen LogP contribution in [-0.2, 0) is 41.3 Å². The topological polar surface area (TPSA) is 326 Å². The van der Waals surface area contributed by atoms with E-state index in [9.17, 15) is 55.2 Å². The molecule has 0 radical (unpaired) electrons. The molecule has 8 aromatic carbocycles. The number of rotatable bonds is 20. The van der Waals surface area contributed by atoms with Gasteiger partial charge in [0.15, 0.2) is 10.8 Å². The molecule has 5 aliphatic heterocycles. The lowest BCUT2D eigenvalue weighted by atomic mass is 9.86. The number of sulfonamides is 2. The Morgan fingerprint density at radius 1 is 0.443 bits per heavy atom. The maximum Gasteiger partial charge on any atom is 0.410 e. The summed E-state index contributed by atoms with van der Waals surface area (Å²) in [5, 5.41) is 20.0. The van der Waals surface area contributed by atoms with Gasteiger partial charge in [-0.2, -0.15) is 9.57 Å². The Morgan fingerprint density at radius 3 is 1.06 bits per heavy atom. The summed E-state index contributed by atoms with van der Waals surface area (Å²) >= 11 is 52.7. The maximum atomic E-state index is 12.9. The van der Waals surface area contributed by atoms with Crippen molar-refractivity contribution in [2.24, 2.45) is 36.6 Å². The van der Waals surface area contributed by atoms with E-state index in [1.165, 1.54) is 45.4 Å². The number of aromatic nitrogens is 2. The summed E-state index contributed by atoms with van der Waals surface area (Å²) in [4.78, 5) is 105. The largest absolute Gasteiger partial charge is 0.444 e. The lowest BCUT2D eigenvalue weighted by Crippen LogP contribution is -2.56. The van der Waals surface area contributed by atoms with Gasteiger partial charge in [0.1, 0.15) is 16.8 Å². The van der Waals surface area contributed by atoms with Gasteiger partial charge in [0.2, 0.25) is 10.0 Å². The lowest BCUT2D eigenvalue weighted by Gasteiger charge is -2.43. The number of hydrogen-bond acceptors (Lipinski definition) is 17. The Morgan fingerprint density at radius 2 is 0.756 bits per heavy atom. The number of carbonyl (C=O) groups excluding carboxylic acids is 8. The zero-order valence-corrected chi connectivity index (χ0v) is 82.1. The molecule has 131 heavy (non-hydrogen) atoms. The number of benzene rings is 8. The number of nitrogens with zero attached hydrogens (tertiary/aromatic N) is 8. The van der Waals surface area contributed by atoms with Crippen molar-refractivity contribution in [2.75, 3.05) is 71.2 Å². The molecule has 698 valence electrons. The quantitative estimate of drug-likeness (QED) is 0.0362. The summed E-state index contributed by atoms with van der Waals surface area (Å²) in [5.41, 5.74) is 3.29. The van der Waals surface area contributed by atoms with Crippen molar-refractivity contribution in [1.82, 2.24) is 48.8 Å². The number of aryl methyl sites for hydroxylation is 1. The highest BCUT2D eigenvalue weighted by Gasteiger charge is 2.46. The molecule has 9 aromatic rings. The zero-order chi connectivity index (χ0) is 96.2. The second kappa shape index (κ2) is 46.9.